The lowest BCUT2D eigenvalue weighted by molar-refractivity contribution is 0.102. The van der Waals surface area contributed by atoms with Gasteiger partial charge in [0, 0.05) is 17.3 Å². The molecule has 0 spiro atoms. The summed E-state index contributed by atoms with van der Waals surface area (Å²) < 4.78 is 5.28. The van der Waals surface area contributed by atoms with Crippen LogP contribution in [0.2, 0.25) is 0 Å². The summed E-state index contributed by atoms with van der Waals surface area (Å²) in [6.07, 6.45) is 1.71. The highest BCUT2D eigenvalue weighted by atomic mass is 32.1. The van der Waals surface area contributed by atoms with Gasteiger partial charge in [0.15, 0.2) is 5.13 Å². The van der Waals surface area contributed by atoms with Crippen LogP contribution in [0.15, 0.2) is 40.4 Å². The molecule has 4 rings (SSSR count). The summed E-state index contributed by atoms with van der Waals surface area (Å²) >= 11 is 1.35. The first-order chi connectivity index (χ1) is 13.0. The number of rotatable bonds is 4. The van der Waals surface area contributed by atoms with E-state index in [1.165, 1.54) is 11.3 Å². The Kier molecular flexibility index (Phi) is 4.41. The number of hydrogen-bond donors (Lipinski definition) is 1. The van der Waals surface area contributed by atoms with Gasteiger partial charge in [0.1, 0.15) is 5.69 Å². The van der Waals surface area contributed by atoms with Crippen molar-refractivity contribution in [2.45, 2.75) is 26.7 Å². The molecule has 136 valence electrons. The summed E-state index contributed by atoms with van der Waals surface area (Å²) in [4.78, 5) is 26.1. The van der Waals surface area contributed by atoms with Gasteiger partial charge in [-0.15, -0.1) is 11.3 Å². The van der Waals surface area contributed by atoms with E-state index in [2.05, 4.69) is 25.4 Å². The predicted octanol–water partition coefficient (Wildman–Crippen LogP) is 4.43. The molecule has 4 heterocycles. The van der Waals surface area contributed by atoms with E-state index in [0.717, 1.165) is 17.1 Å². The van der Waals surface area contributed by atoms with E-state index >= 15 is 0 Å². The van der Waals surface area contributed by atoms with E-state index in [1.807, 2.05) is 37.4 Å². The van der Waals surface area contributed by atoms with Gasteiger partial charge in [0.2, 0.25) is 0 Å². The maximum Gasteiger partial charge on any atom is 0.259 e. The number of nitrogens with zero attached hydrogens (tertiary/aromatic N) is 4. The molecule has 0 radical (unpaired) electrons. The van der Waals surface area contributed by atoms with E-state index in [1.54, 1.807) is 19.2 Å². The Bertz CT molecular complexity index is 1120. The Morgan fingerprint density at radius 1 is 1.22 bits per heavy atom. The van der Waals surface area contributed by atoms with Gasteiger partial charge in [0.25, 0.3) is 11.6 Å². The minimum Gasteiger partial charge on any atom is -0.336 e. The van der Waals surface area contributed by atoms with Crippen molar-refractivity contribution >= 4 is 33.5 Å². The van der Waals surface area contributed by atoms with E-state index in [9.17, 15) is 4.79 Å². The van der Waals surface area contributed by atoms with Gasteiger partial charge >= 0.3 is 0 Å². The van der Waals surface area contributed by atoms with Crippen LogP contribution in [0.4, 0.5) is 5.13 Å². The summed E-state index contributed by atoms with van der Waals surface area (Å²) in [5.41, 5.74) is 3.75. The van der Waals surface area contributed by atoms with Crippen LogP contribution in [0.25, 0.3) is 22.5 Å². The molecule has 4 aromatic rings. The molecule has 0 aliphatic rings. The number of aromatic nitrogens is 4. The standard InChI is InChI=1S/C19H17N5O2S/c1-10(2)14-8-12(16-11(3)24-26-18(16)21-14)17(25)23-19-22-15(9-27-19)13-6-4-5-7-20-13/h4-10H,1-3H3,(H,22,23,25). The Balaban J connectivity index is 1.67. The number of amides is 1. The highest BCUT2D eigenvalue weighted by Gasteiger charge is 2.20. The SMILES string of the molecule is Cc1noc2nc(C(C)C)cc(C(=O)Nc3nc(-c4ccccn4)cs3)c12. The summed E-state index contributed by atoms with van der Waals surface area (Å²) in [5.74, 6) is -0.112. The number of hydrogen-bond acceptors (Lipinski definition) is 7. The van der Waals surface area contributed by atoms with Crippen LogP contribution in [0.1, 0.15) is 41.5 Å². The van der Waals surface area contributed by atoms with Crippen molar-refractivity contribution in [3.05, 3.63) is 52.8 Å². The van der Waals surface area contributed by atoms with Gasteiger partial charge in [-0.2, -0.15) is 0 Å². The van der Waals surface area contributed by atoms with Crippen molar-refractivity contribution in [3.63, 3.8) is 0 Å². The van der Waals surface area contributed by atoms with E-state index in [4.69, 9.17) is 4.52 Å². The van der Waals surface area contributed by atoms with Crippen LogP contribution in [-0.2, 0) is 0 Å². The first-order valence-corrected chi connectivity index (χ1v) is 9.36. The average Bonchev–Trinajstić information content (AvgIpc) is 3.29. The third-order valence-electron chi connectivity index (χ3n) is 4.13. The molecule has 0 aromatic carbocycles. The molecular formula is C19H17N5O2S. The highest BCUT2D eigenvalue weighted by molar-refractivity contribution is 7.14. The number of thiazole rings is 1. The maximum absolute atomic E-state index is 12.9. The first kappa shape index (κ1) is 17.3. The molecule has 0 saturated carbocycles. The fraction of sp³-hybridized carbons (Fsp3) is 0.211. The van der Waals surface area contributed by atoms with Crippen LogP contribution >= 0.6 is 11.3 Å². The topological polar surface area (TPSA) is 93.8 Å². The molecule has 0 fully saturated rings. The first-order valence-electron chi connectivity index (χ1n) is 8.48. The zero-order valence-electron chi connectivity index (χ0n) is 15.1. The number of fused-ring (bicyclic) bond motifs is 1. The molecule has 1 amide bonds. The minimum absolute atomic E-state index is 0.155. The lowest BCUT2D eigenvalue weighted by atomic mass is 10.0. The molecule has 0 aliphatic heterocycles. The third kappa shape index (κ3) is 3.31. The van der Waals surface area contributed by atoms with Crippen molar-refractivity contribution in [3.8, 4) is 11.4 Å². The Hall–Kier alpha value is -3.13. The Morgan fingerprint density at radius 2 is 2.07 bits per heavy atom. The molecule has 0 atom stereocenters. The number of anilines is 1. The van der Waals surface area contributed by atoms with Gasteiger partial charge in [-0.3, -0.25) is 15.1 Å². The lowest BCUT2D eigenvalue weighted by Gasteiger charge is -2.08. The summed E-state index contributed by atoms with van der Waals surface area (Å²) in [5, 5.41) is 9.81. The summed E-state index contributed by atoms with van der Waals surface area (Å²) in [6.45, 7) is 5.82. The normalized spacial score (nSPS) is 11.3. The van der Waals surface area contributed by atoms with Crippen molar-refractivity contribution in [1.82, 2.24) is 20.1 Å². The smallest absolute Gasteiger partial charge is 0.259 e. The number of carbonyl (C=O) groups excluding carboxylic acids is 1. The average molecular weight is 379 g/mol. The second kappa shape index (κ2) is 6.88. The van der Waals surface area contributed by atoms with Crippen LogP contribution in [0.5, 0.6) is 0 Å². The van der Waals surface area contributed by atoms with Crippen molar-refractivity contribution < 1.29 is 9.32 Å². The van der Waals surface area contributed by atoms with Crippen LogP contribution in [0.3, 0.4) is 0 Å². The van der Waals surface area contributed by atoms with Crippen molar-refractivity contribution in [1.29, 1.82) is 0 Å². The zero-order chi connectivity index (χ0) is 19.0. The fourth-order valence-electron chi connectivity index (χ4n) is 2.72. The number of pyridine rings is 2. The third-order valence-corrected chi connectivity index (χ3v) is 4.88. The molecule has 0 unspecified atom stereocenters. The second-order valence-corrected chi connectivity index (χ2v) is 7.26. The molecule has 0 saturated heterocycles. The van der Waals surface area contributed by atoms with Crippen molar-refractivity contribution in [2.75, 3.05) is 5.32 Å². The van der Waals surface area contributed by atoms with Crippen LogP contribution in [-0.4, -0.2) is 26.0 Å². The van der Waals surface area contributed by atoms with Gasteiger partial charge in [-0.1, -0.05) is 25.1 Å². The largest absolute Gasteiger partial charge is 0.336 e. The summed E-state index contributed by atoms with van der Waals surface area (Å²) in [6, 6.07) is 7.42. The minimum atomic E-state index is -0.266. The van der Waals surface area contributed by atoms with Crippen LogP contribution in [0, 0.1) is 6.92 Å². The molecule has 27 heavy (non-hydrogen) atoms. The molecule has 7 nitrogen and oxygen atoms in total. The van der Waals surface area contributed by atoms with Crippen molar-refractivity contribution in [2.24, 2.45) is 0 Å². The summed E-state index contributed by atoms with van der Waals surface area (Å²) in [7, 11) is 0. The Morgan fingerprint density at radius 3 is 2.81 bits per heavy atom. The number of carbonyl (C=O) groups is 1. The zero-order valence-corrected chi connectivity index (χ0v) is 15.9. The van der Waals surface area contributed by atoms with E-state index in [0.29, 0.717) is 27.5 Å². The van der Waals surface area contributed by atoms with Gasteiger partial charge in [-0.25, -0.2) is 9.97 Å². The fourth-order valence-corrected chi connectivity index (χ4v) is 3.42. The molecule has 0 bridgehead atoms. The monoisotopic (exact) mass is 379 g/mol. The quantitative estimate of drug-likeness (QED) is 0.564. The molecular weight excluding hydrogens is 362 g/mol. The van der Waals surface area contributed by atoms with E-state index < -0.39 is 0 Å². The van der Waals surface area contributed by atoms with Crippen LogP contribution < -0.4 is 5.32 Å². The van der Waals surface area contributed by atoms with Gasteiger partial charge < -0.3 is 4.52 Å². The molecule has 8 heteroatoms. The predicted molar refractivity (Wildman–Crippen MR) is 104 cm³/mol. The maximum atomic E-state index is 12.9. The Labute approximate surface area is 159 Å². The van der Waals surface area contributed by atoms with E-state index in [-0.39, 0.29) is 11.8 Å². The number of nitrogens with one attached hydrogen (secondary N) is 1. The highest BCUT2D eigenvalue weighted by Crippen LogP contribution is 2.27. The molecule has 0 aliphatic carbocycles. The van der Waals surface area contributed by atoms with Gasteiger partial charge in [0.05, 0.1) is 22.3 Å². The lowest BCUT2D eigenvalue weighted by Crippen LogP contribution is -2.13. The molecule has 1 N–H and O–H groups in total. The molecule has 4 aromatic heterocycles. The van der Waals surface area contributed by atoms with Gasteiger partial charge in [-0.05, 0) is 31.0 Å². The second-order valence-electron chi connectivity index (χ2n) is 6.40. The number of aryl methyl sites for hydroxylation is 1.